The first-order chi connectivity index (χ1) is 16.0. The highest BCUT2D eigenvalue weighted by atomic mass is 16.5. The molecule has 7 nitrogen and oxygen atoms in total. The number of methoxy groups -OCH3 is 1. The zero-order valence-electron chi connectivity index (χ0n) is 20.7. The Kier molecular flexibility index (Phi) is 9.41. The van der Waals surface area contributed by atoms with Gasteiger partial charge < -0.3 is 24.0 Å². The molecule has 2 amide bonds. The van der Waals surface area contributed by atoms with Crippen molar-refractivity contribution in [3.05, 3.63) is 23.8 Å². The van der Waals surface area contributed by atoms with Crippen LogP contribution in [0, 0.1) is 0 Å². The summed E-state index contributed by atoms with van der Waals surface area (Å²) in [5.74, 6) is 1.22. The van der Waals surface area contributed by atoms with Crippen LogP contribution in [0.1, 0.15) is 77.3 Å². The molecule has 1 aromatic carbocycles. The van der Waals surface area contributed by atoms with Gasteiger partial charge in [0, 0.05) is 25.8 Å². The Morgan fingerprint density at radius 3 is 2.42 bits per heavy atom. The molecule has 1 atom stereocenters. The number of nitrogens with zero attached hydrogens (tertiary/aromatic N) is 2. The molecule has 1 aromatic rings. The maximum Gasteiger partial charge on any atom is 0.250 e. The molecule has 1 aliphatic carbocycles. The summed E-state index contributed by atoms with van der Waals surface area (Å²) in [4.78, 5) is 30.8. The minimum Gasteiger partial charge on any atom is -0.493 e. The highest BCUT2D eigenvalue weighted by Gasteiger charge is 2.42. The van der Waals surface area contributed by atoms with E-state index in [1.165, 1.54) is 12.8 Å². The maximum absolute atomic E-state index is 13.9. The second kappa shape index (κ2) is 12.3. The average Bonchev–Trinajstić information content (AvgIpc) is 3.08. The van der Waals surface area contributed by atoms with Gasteiger partial charge in [-0.3, -0.25) is 9.59 Å². The maximum atomic E-state index is 13.9. The lowest BCUT2D eigenvalue weighted by atomic mass is 9.97. The molecule has 3 rings (SSSR count). The second-order valence-corrected chi connectivity index (χ2v) is 9.23. The van der Waals surface area contributed by atoms with Crippen LogP contribution in [0.25, 0.3) is 0 Å². The Morgan fingerprint density at radius 2 is 1.79 bits per heavy atom. The van der Waals surface area contributed by atoms with Gasteiger partial charge in [-0.05, 0) is 57.7 Å². The molecule has 1 heterocycles. The van der Waals surface area contributed by atoms with Crippen LogP contribution in [-0.4, -0.2) is 67.2 Å². The molecule has 1 aliphatic heterocycles. The van der Waals surface area contributed by atoms with E-state index in [1.54, 1.807) is 12.0 Å². The molecule has 0 N–H and O–H groups in total. The van der Waals surface area contributed by atoms with Gasteiger partial charge in [0.1, 0.15) is 12.6 Å². The zero-order valence-corrected chi connectivity index (χ0v) is 20.7. The molecule has 1 saturated heterocycles. The summed E-state index contributed by atoms with van der Waals surface area (Å²) in [5, 5.41) is 0. The number of amides is 2. The van der Waals surface area contributed by atoms with Crippen LogP contribution in [0.4, 0.5) is 0 Å². The van der Waals surface area contributed by atoms with E-state index in [-0.39, 0.29) is 30.5 Å². The van der Waals surface area contributed by atoms with Crippen molar-refractivity contribution in [2.24, 2.45) is 0 Å². The van der Waals surface area contributed by atoms with Crippen molar-refractivity contribution in [1.29, 1.82) is 0 Å². The lowest BCUT2D eigenvalue weighted by molar-refractivity contribution is -0.159. The number of piperazine rings is 1. The Balaban J connectivity index is 1.91. The Bertz CT molecular complexity index is 789. The van der Waals surface area contributed by atoms with Gasteiger partial charge in [-0.1, -0.05) is 31.7 Å². The van der Waals surface area contributed by atoms with Crippen molar-refractivity contribution in [3.8, 4) is 11.5 Å². The Hall–Kier alpha value is -2.28. The summed E-state index contributed by atoms with van der Waals surface area (Å²) in [6.07, 6.45) is 7.27. The van der Waals surface area contributed by atoms with Crippen LogP contribution >= 0.6 is 0 Å². The summed E-state index contributed by atoms with van der Waals surface area (Å²) in [6.45, 7) is 7.73. The number of rotatable bonds is 10. The zero-order chi connectivity index (χ0) is 23.8. The molecular weight excluding hydrogens is 420 g/mol. The summed E-state index contributed by atoms with van der Waals surface area (Å²) >= 11 is 0. The lowest BCUT2D eigenvalue weighted by Crippen LogP contribution is -2.58. The molecule has 2 fully saturated rings. The largest absolute Gasteiger partial charge is 0.493 e. The molecule has 0 radical (unpaired) electrons. The van der Waals surface area contributed by atoms with E-state index in [2.05, 4.69) is 0 Å². The molecule has 1 saturated carbocycles. The van der Waals surface area contributed by atoms with Gasteiger partial charge in [-0.15, -0.1) is 0 Å². The van der Waals surface area contributed by atoms with E-state index in [1.807, 2.05) is 43.9 Å². The second-order valence-electron chi connectivity index (χ2n) is 9.23. The van der Waals surface area contributed by atoms with Gasteiger partial charge in [-0.2, -0.15) is 0 Å². The predicted molar refractivity (Wildman–Crippen MR) is 128 cm³/mol. The topological polar surface area (TPSA) is 68.3 Å². The molecule has 0 aromatic heterocycles. The number of carbonyl (C=O) groups excluding carboxylic acids is 2. The average molecular weight is 461 g/mol. The molecule has 33 heavy (non-hydrogen) atoms. The number of carbonyl (C=O) groups is 2. The van der Waals surface area contributed by atoms with Crippen LogP contribution in [0.15, 0.2) is 18.2 Å². The Morgan fingerprint density at radius 1 is 1.06 bits per heavy atom. The molecule has 1 unspecified atom stereocenters. The van der Waals surface area contributed by atoms with Gasteiger partial charge in [0.2, 0.25) is 5.91 Å². The van der Waals surface area contributed by atoms with Crippen molar-refractivity contribution in [1.82, 2.24) is 9.80 Å². The third kappa shape index (κ3) is 6.40. The lowest BCUT2D eigenvalue weighted by Gasteiger charge is -2.43. The molecule has 184 valence electrons. The highest BCUT2D eigenvalue weighted by Crippen LogP contribution is 2.36. The molecule has 0 bridgehead atoms. The van der Waals surface area contributed by atoms with Gasteiger partial charge in [-0.25, -0.2) is 0 Å². The predicted octanol–water partition coefficient (Wildman–Crippen LogP) is 4.34. The third-order valence-electron chi connectivity index (χ3n) is 6.48. The van der Waals surface area contributed by atoms with Gasteiger partial charge in [0.05, 0.1) is 13.2 Å². The van der Waals surface area contributed by atoms with Crippen LogP contribution in [0.5, 0.6) is 11.5 Å². The van der Waals surface area contributed by atoms with Crippen molar-refractivity contribution in [2.75, 3.05) is 33.4 Å². The summed E-state index contributed by atoms with van der Waals surface area (Å²) in [6, 6.07) is 5.07. The van der Waals surface area contributed by atoms with Gasteiger partial charge >= 0.3 is 0 Å². The van der Waals surface area contributed by atoms with Crippen molar-refractivity contribution in [3.63, 3.8) is 0 Å². The fraction of sp³-hybridized carbons (Fsp3) is 0.692. The van der Waals surface area contributed by atoms with E-state index in [0.717, 1.165) is 31.2 Å². The van der Waals surface area contributed by atoms with Crippen LogP contribution < -0.4 is 9.47 Å². The Labute approximate surface area is 198 Å². The normalized spacial score (nSPS) is 20.3. The van der Waals surface area contributed by atoms with Crippen molar-refractivity contribution in [2.45, 2.75) is 83.9 Å². The number of benzene rings is 1. The van der Waals surface area contributed by atoms with E-state index < -0.39 is 6.04 Å². The summed E-state index contributed by atoms with van der Waals surface area (Å²) in [7, 11) is 1.60. The van der Waals surface area contributed by atoms with Crippen LogP contribution in [-0.2, 0) is 14.3 Å². The van der Waals surface area contributed by atoms with Crippen molar-refractivity contribution >= 4 is 11.8 Å². The standard InChI is InChI=1S/C26H40N2O5/c1-5-32-16-10-15-27-24(29)18-28(21-11-8-6-7-9-12-21)26(30)25(27)20-13-14-22(33-19(2)3)23(17-20)31-4/h13-14,17,19,21,25H,5-12,15-16,18H2,1-4H3. The van der Waals surface area contributed by atoms with Gasteiger partial charge in [0.25, 0.3) is 5.91 Å². The first-order valence-electron chi connectivity index (χ1n) is 12.5. The fourth-order valence-corrected chi connectivity index (χ4v) is 4.89. The first kappa shape index (κ1) is 25.3. The van der Waals surface area contributed by atoms with E-state index in [4.69, 9.17) is 14.2 Å². The van der Waals surface area contributed by atoms with E-state index in [9.17, 15) is 9.59 Å². The quantitative estimate of drug-likeness (QED) is 0.384. The van der Waals surface area contributed by atoms with E-state index in [0.29, 0.717) is 37.7 Å². The van der Waals surface area contributed by atoms with Crippen LogP contribution in [0.2, 0.25) is 0 Å². The fourth-order valence-electron chi connectivity index (χ4n) is 4.89. The molecule has 7 heteroatoms. The highest BCUT2D eigenvalue weighted by molar-refractivity contribution is 5.96. The number of hydrogen-bond acceptors (Lipinski definition) is 5. The minimum absolute atomic E-state index is 0.00168. The third-order valence-corrected chi connectivity index (χ3v) is 6.48. The summed E-state index contributed by atoms with van der Waals surface area (Å²) < 4.78 is 16.9. The van der Waals surface area contributed by atoms with Gasteiger partial charge in [0.15, 0.2) is 11.5 Å². The first-order valence-corrected chi connectivity index (χ1v) is 12.5. The summed E-state index contributed by atoms with van der Waals surface area (Å²) in [5.41, 5.74) is 0.760. The molecule has 0 spiro atoms. The monoisotopic (exact) mass is 460 g/mol. The van der Waals surface area contributed by atoms with Crippen LogP contribution in [0.3, 0.4) is 0 Å². The molecular formula is C26H40N2O5. The van der Waals surface area contributed by atoms with E-state index >= 15 is 0 Å². The van der Waals surface area contributed by atoms with Crippen molar-refractivity contribution < 1.29 is 23.8 Å². The number of ether oxygens (including phenoxy) is 3. The smallest absolute Gasteiger partial charge is 0.250 e. The molecule has 2 aliphatic rings. The SMILES string of the molecule is CCOCCCN1C(=O)CN(C2CCCCCC2)C(=O)C1c1ccc(OC(C)C)c(OC)c1. The number of hydrogen-bond donors (Lipinski definition) is 0. The minimum atomic E-state index is -0.655.